The lowest BCUT2D eigenvalue weighted by atomic mass is 9.85. The quantitative estimate of drug-likeness (QED) is 0.0776. The van der Waals surface area contributed by atoms with Gasteiger partial charge >= 0.3 is 0 Å². The van der Waals surface area contributed by atoms with E-state index in [0.717, 1.165) is 22.2 Å². The lowest BCUT2D eigenvalue weighted by molar-refractivity contribution is 1.31. The Morgan fingerprint density at radius 3 is 1.73 bits per heavy atom. The number of hydrogen-bond acceptors (Lipinski definition) is 1. The Hall–Kier alpha value is -6.77. The first-order valence-corrected chi connectivity index (χ1v) is 17.9. The first-order valence-electron chi connectivity index (χ1n) is 17.9. The zero-order valence-corrected chi connectivity index (χ0v) is 28.8. The number of allylic oxidation sites excluding steroid dienone is 3. The van der Waals surface area contributed by atoms with Crippen LogP contribution in [0.1, 0.15) is 18.1 Å². The van der Waals surface area contributed by atoms with Crippen LogP contribution >= 0.6 is 0 Å². The molecule has 0 aliphatic heterocycles. The van der Waals surface area contributed by atoms with Gasteiger partial charge in [-0.15, -0.1) is 0 Å². The van der Waals surface area contributed by atoms with Gasteiger partial charge in [0, 0.05) is 10.8 Å². The molecule has 0 atom stereocenters. The lowest BCUT2D eigenvalue weighted by Gasteiger charge is -2.18. The minimum Gasteiger partial charge on any atom is -0.292 e. The maximum Gasteiger partial charge on any atom is 0.146 e. The topological polar surface area (TPSA) is 17.3 Å². The Balaban J connectivity index is 1.12. The molecule has 0 saturated heterocycles. The maximum atomic E-state index is 5.23. The molecule has 0 bridgehead atoms. The predicted molar refractivity (Wildman–Crippen MR) is 223 cm³/mol. The second-order valence-electron chi connectivity index (χ2n) is 13.5. The Bertz CT molecular complexity index is 3000. The standard InChI is InChI=1S/C50H34N2/c1-2-14-37(31-33-15-4-3-5-16-33)49-42-21-9-7-19-40(42)48(41-20-8-10-22-43(41)49)35-27-25-34(26-28-35)36-29-30-47-45(32-36)51-50-44-23-11-6-17-38(44)39-18-12-13-24-46(39)52(47)50/h2-32H,1H3/b14-2-,37-31+. The minimum atomic E-state index is 0.996. The third kappa shape index (κ3) is 4.76. The highest BCUT2D eigenvalue weighted by Crippen LogP contribution is 2.43. The van der Waals surface area contributed by atoms with Gasteiger partial charge in [-0.3, -0.25) is 4.40 Å². The normalized spacial score (nSPS) is 12.4. The predicted octanol–water partition coefficient (Wildman–Crippen LogP) is 13.6. The molecular formula is C50H34N2. The molecule has 244 valence electrons. The van der Waals surface area contributed by atoms with Gasteiger partial charge in [0.05, 0.1) is 16.6 Å². The summed E-state index contributed by atoms with van der Waals surface area (Å²) in [6, 6.07) is 61.3. The smallest absolute Gasteiger partial charge is 0.146 e. The van der Waals surface area contributed by atoms with Gasteiger partial charge in [0.25, 0.3) is 0 Å². The molecule has 0 aliphatic rings. The Labute approximate surface area is 302 Å². The van der Waals surface area contributed by atoms with Gasteiger partial charge in [-0.1, -0.05) is 164 Å². The van der Waals surface area contributed by atoms with Crippen molar-refractivity contribution in [2.75, 3.05) is 0 Å². The molecule has 10 aromatic rings. The molecular weight excluding hydrogens is 629 g/mol. The van der Waals surface area contributed by atoms with Crippen molar-refractivity contribution < 1.29 is 0 Å². The Morgan fingerprint density at radius 2 is 1.04 bits per heavy atom. The summed E-state index contributed by atoms with van der Waals surface area (Å²) < 4.78 is 2.32. The van der Waals surface area contributed by atoms with E-state index < -0.39 is 0 Å². The average molecular weight is 663 g/mol. The summed E-state index contributed by atoms with van der Waals surface area (Å²) in [5.41, 5.74) is 12.7. The molecule has 0 spiro atoms. The van der Waals surface area contributed by atoms with E-state index in [4.69, 9.17) is 4.98 Å². The number of aromatic nitrogens is 2. The number of hydrogen-bond donors (Lipinski definition) is 0. The van der Waals surface area contributed by atoms with Gasteiger partial charge in [-0.25, -0.2) is 4.98 Å². The van der Waals surface area contributed by atoms with E-state index >= 15 is 0 Å². The molecule has 0 amide bonds. The number of benzene rings is 8. The van der Waals surface area contributed by atoms with Gasteiger partial charge in [-0.05, 0) is 97.1 Å². The Kier molecular flexibility index (Phi) is 7.07. The molecule has 0 aliphatic carbocycles. The van der Waals surface area contributed by atoms with Crippen LogP contribution < -0.4 is 0 Å². The van der Waals surface area contributed by atoms with Crippen LogP contribution in [0.5, 0.6) is 0 Å². The van der Waals surface area contributed by atoms with Crippen LogP contribution in [0, 0.1) is 0 Å². The molecule has 0 radical (unpaired) electrons. The fraction of sp³-hybridized carbons (Fsp3) is 0.0200. The third-order valence-electron chi connectivity index (χ3n) is 10.5. The van der Waals surface area contributed by atoms with E-state index in [-0.39, 0.29) is 0 Å². The molecule has 0 saturated carbocycles. The second-order valence-corrected chi connectivity index (χ2v) is 13.5. The highest BCUT2D eigenvalue weighted by atomic mass is 15.0. The molecule has 10 rings (SSSR count). The zero-order chi connectivity index (χ0) is 34.6. The minimum absolute atomic E-state index is 0.996. The highest BCUT2D eigenvalue weighted by molar-refractivity contribution is 6.20. The van der Waals surface area contributed by atoms with E-state index in [1.54, 1.807) is 0 Å². The van der Waals surface area contributed by atoms with Crippen LogP contribution in [-0.2, 0) is 0 Å². The maximum absolute atomic E-state index is 5.23. The van der Waals surface area contributed by atoms with E-state index in [1.165, 1.54) is 76.6 Å². The highest BCUT2D eigenvalue weighted by Gasteiger charge is 2.18. The zero-order valence-electron chi connectivity index (χ0n) is 28.8. The molecule has 52 heavy (non-hydrogen) atoms. The summed E-state index contributed by atoms with van der Waals surface area (Å²) in [6.07, 6.45) is 6.67. The van der Waals surface area contributed by atoms with Crippen molar-refractivity contribution in [3.8, 4) is 22.3 Å². The van der Waals surface area contributed by atoms with Crippen molar-refractivity contribution in [1.29, 1.82) is 0 Å². The van der Waals surface area contributed by atoms with Gasteiger partial charge in [0.15, 0.2) is 0 Å². The van der Waals surface area contributed by atoms with Gasteiger partial charge in [0.2, 0.25) is 0 Å². The van der Waals surface area contributed by atoms with Crippen LogP contribution in [0.3, 0.4) is 0 Å². The van der Waals surface area contributed by atoms with Gasteiger partial charge in [0.1, 0.15) is 5.65 Å². The monoisotopic (exact) mass is 662 g/mol. The Morgan fingerprint density at radius 1 is 0.481 bits per heavy atom. The second kappa shape index (κ2) is 12.2. The summed E-state index contributed by atoms with van der Waals surface area (Å²) in [4.78, 5) is 5.23. The molecule has 2 nitrogen and oxygen atoms in total. The fourth-order valence-electron chi connectivity index (χ4n) is 8.19. The van der Waals surface area contributed by atoms with Crippen molar-refractivity contribution in [3.63, 3.8) is 0 Å². The molecule has 2 aromatic heterocycles. The summed E-state index contributed by atoms with van der Waals surface area (Å²) in [7, 11) is 0. The van der Waals surface area contributed by atoms with Crippen molar-refractivity contribution >= 4 is 71.5 Å². The third-order valence-corrected chi connectivity index (χ3v) is 10.5. The van der Waals surface area contributed by atoms with E-state index in [9.17, 15) is 0 Å². The van der Waals surface area contributed by atoms with Crippen LogP contribution in [-0.4, -0.2) is 9.38 Å². The number of para-hydroxylation sites is 1. The number of fused-ring (bicyclic) bond motifs is 10. The fourth-order valence-corrected chi connectivity index (χ4v) is 8.19. The first-order chi connectivity index (χ1) is 25.8. The number of nitrogens with zero attached hydrogens (tertiary/aromatic N) is 2. The van der Waals surface area contributed by atoms with Gasteiger partial charge in [-0.2, -0.15) is 0 Å². The van der Waals surface area contributed by atoms with Crippen molar-refractivity contribution in [3.05, 3.63) is 193 Å². The number of imidazole rings is 1. The van der Waals surface area contributed by atoms with Crippen LogP contribution in [0.15, 0.2) is 182 Å². The van der Waals surface area contributed by atoms with Crippen molar-refractivity contribution in [1.82, 2.24) is 9.38 Å². The average Bonchev–Trinajstić information content (AvgIpc) is 3.60. The molecule has 8 aromatic carbocycles. The van der Waals surface area contributed by atoms with E-state index in [0.29, 0.717) is 0 Å². The molecule has 0 N–H and O–H groups in total. The van der Waals surface area contributed by atoms with E-state index in [2.05, 4.69) is 199 Å². The SMILES string of the molecule is C/C=C\C(=C/c1ccccc1)c1c2ccccc2c(-c2ccc(-c3ccc4c(c3)nc3c5ccccc5c5ccccc5n43)cc2)c2ccccc12. The summed E-state index contributed by atoms with van der Waals surface area (Å²) >= 11 is 0. The van der Waals surface area contributed by atoms with Crippen LogP contribution in [0.2, 0.25) is 0 Å². The molecule has 0 unspecified atom stereocenters. The van der Waals surface area contributed by atoms with Gasteiger partial charge < -0.3 is 0 Å². The van der Waals surface area contributed by atoms with Crippen molar-refractivity contribution in [2.45, 2.75) is 6.92 Å². The van der Waals surface area contributed by atoms with E-state index in [1.807, 2.05) is 0 Å². The van der Waals surface area contributed by atoms with Crippen LogP contribution in [0.25, 0.3) is 93.8 Å². The summed E-state index contributed by atoms with van der Waals surface area (Å²) in [5, 5.41) is 8.63. The first kappa shape index (κ1) is 30.1. The number of rotatable bonds is 5. The van der Waals surface area contributed by atoms with Crippen LogP contribution in [0.4, 0.5) is 0 Å². The largest absolute Gasteiger partial charge is 0.292 e. The summed E-state index contributed by atoms with van der Waals surface area (Å²) in [6.45, 7) is 2.09. The molecule has 0 fully saturated rings. The molecule has 2 heterocycles. The van der Waals surface area contributed by atoms with Crippen molar-refractivity contribution in [2.24, 2.45) is 0 Å². The molecule has 2 heteroatoms. The lowest BCUT2D eigenvalue weighted by Crippen LogP contribution is -1.93. The number of pyridine rings is 1. The summed E-state index contributed by atoms with van der Waals surface area (Å²) in [5.74, 6) is 0.